The van der Waals surface area contributed by atoms with Gasteiger partial charge in [0.05, 0.1) is 0 Å². The summed E-state index contributed by atoms with van der Waals surface area (Å²) < 4.78 is 42.1. The van der Waals surface area contributed by atoms with Crippen molar-refractivity contribution in [2.24, 2.45) is 0 Å². The lowest BCUT2D eigenvalue weighted by Crippen LogP contribution is -2.46. The molecule has 0 N–H and O–H groups in total. The number of alkyl halides is 2. The first-order valence-electron chi connectivity index (χ1n) is 5.68. The van der Waals surface area contributed by atoms with Crippen molar-refractivity contribution in [3.05, 3.63) is 0 Å². The molecule has 0 saturated heterocycles. The van der Waals surface area contributed by atoms with Crippen LogP contribution in [-0.4, -0.2) is 34.5 Å². The average molecular weight is 256 g/mol. The van der Waals surface area contributed by atoms with Crippen LogP contribution in [-0.2, 0) is 13.3 Å². The van der Waals surface area contributed by atoms with Gasteiger partial charge in [0.1, 0.15) is 0 Å². The molecule has 0 amide bonds. The minimum absolute atomic E-state index is 0.159. The lowest BCUT2D eigenvalue weighted by molar-refractivity contribution is 0.00600. The molecule has 0 bridgehead atoms. The fourth-order valence-corrected chi connectivity index (χ4v) is 4.12. The van der Waals surface area contributed by atoms with Crippen molar-refractivity contribution in [2.45, 2.75) is 46.1 Å². The van der Waals surface area contributed by atoms with Crippen molar-refractivity contribution < 1.29 is 22.1 Å². The molecule has 0 heterocycles. The fourth-order valence-electron chi connectivity index (χ4n) is 1.37. The Bertz CT molecular complexity index is 168. The van der Waals surface area contributed by atoms with Gasteiger partial charge in [0.15, 0.2) is 0 Å². The predicted molar refractivity (Wildman–Crippen MR) is 60.7 cm³/mol. The molecule has 0 unspecified atom stereocenters. The first-order valence-corrected chi connectivity index (χ1v) is 7.62. The molecule has 0 aromatic heterocycles. The van der Waals surface area contributed by atoms with E-state index in [2.05, 4.69) is 0 Å². The van der Waals surface area contributed by atoms with Crippen LogP contribution in [0, 0.1) is 0 Å². The van der Waals surface area contributed by atoms with Crippen LogP contribution >= 0.6 is 0 Å². The summed E-state index contributed by atoms with van der Waals surface area (Å²) >= 11 is 0. The molecule has 0 aliphatic heterocycles. The Balaban J connectivity index is 4.46. The smallest absolute Gasteiger partial charge is 0.374 e. The predicted octanol–water partition coefficient (Wildman–Crippen LogP) is 3.08. The molecule has 0 saturated carbocycles. The number of hydrogen-bond donors (Lipinski definition) is 0. The Hall–Kier alpha value is -0.0431. The highest BCUT2D eigenvalue weighted by atomic mass is 28.4. The van der Waals surface area contributed by atoms with Crippen LogP contribution in [0.25, 0.3) is 0 Å². The van der Waals surface area contributed by atoms with E-state index in [0.717, 1.165) is 6.92 Å². The highest BCUT2D eigenvalue weighted by molar-refractivity contribution is 6.60. The fraction of sp³-hybridized carbons (Fsp3) is 1.00. The quantitative estimate of drug-likeness (QED) is 0.593. The molecule has 6 heteroatoms. The van der Waals surface area contributed by atoms with Gasteiger partial charge < -0.3 is 13.3 Å². The van der Waals surface area contributed by atoms with Crippen LogP contribution in [0.15, 0.2) is 0 Å². The van der Waals surface area contributed by atoms with Gasteiger partial charge in [-0.1, -0.05) is 0 Å². The van der Waals surface area contributed by atoms with Gasteiger partial charge in [0.2, 0.25) is 5.92 Å². The summed E-state index contributed by atoms with van der Waals surface area (Å²) in [5, 5.41) is 0. The Morgan fingerprint density at radius 3 is 1.56 bits per heavy atom. The van der Waals surface area contributed by atoms with Crippen LogP contribution in [0.2, 0.25) is 6.04 Å². The van der Waals surface area contributed by atoms with Gasteiger partial charge in [-0.2, -0.15) is 0 Å². The third kappa shape index (κ3) is 6.52. The second-order valence-electron chi connectivity index (χ2n) is 3.55. The topological polar surface area (TPSA) is 27.7 Å². The molecule has 0 aliphatic rings. The van der Waals surface area contributed by atoms with Crippen molar-refractivity contribution in [1.82, 2.24) is 0 Å². The first kappa shape index (κ1) is 16.0. The van der Waals surface area contributed by atoms with Crippen LogP contribution in [0.5, 0.6) is 0 Å². The van der Waals surface area contributed by atoms with E-state index in [9.17, 15) is 8.78 Å². The maximum Gasteiger partial charge on any atom is 0.501 e. The minimum Gasteiger partial charge on any atom is -0.374 e. The molecule has 0 spiro atoms. The summed E-state index contributed by atoms with van der Waals surface area (Å²) in [6.45, 7) is 7.58. The third-order valence-corrected chi connectivity index (χ3v) is 5.01. The summed E-state index contributed by atoms with van der Waals surface area (Å²) in [4.78, 5) is 0. The summed E-state index contributed by atoms with van der Waals surface area (Å²) in [5.41, 5.74) is 0. The third-order valence-electron chi connectivity index (χ3n) is 1.96. The van der Waals surface area contributed by atoms with E-state index in [0.29, 0.717) is 19.8 Å². The molecule has 98 valence electrons. The average Bonchev–Trinajstić information content (AvgIpc) is 2.15. The van der Waals surface area contributed by atoms with Crippen LogP contribution in [0.4, 0.5) is 8.78 Å². The van der Waals surface area contributed by atoms with E-state index in [-0.39, 0.29) is 12.5 Å². The number of hydrogen-bond acceptors (Lipinski definition) is 3. The summed E-state index contributed by atoms with van der Waals surface area (Å²) in [6.07, 6.45) is -0.265. The van der Waals surface area contributed by atoms with Gasteiger partial charge in [0, 0.05) is 32.3 Å². The monoisotopic (exact) mass is 256 g/mol. The molecule has 0 rings (SSSR count). The zero-order valence-corrected chi connectivity index (χ0v) is 11.5. The maximum absolute atomic E-state index is 12.8. The van der Waals surface area contributed by atoms with Crippen LogP contribution < -0.4 is 0 Å². The highest BCUT2D eigenvalue weighted by Crippen LogP contribution is 2.26. The summed E-state index contributed by atoms with van der Waals surface area (Å²) in [6, 6.07) is 0.159. The van der Waals surface area contributed by atoms with Crippen LogP contribution in [0.1, 0.15) is 34.1 Å². The van der Waals surface area contributed by atoms with Gasteiger partial charge in [-0.05, 0) is 27.7 Å². The zero-order chi connectivity index (χ0) is 12.7. The Morgan fingerprint density at radius 2 is 1.31 bits per heavy atom. The van der Waals surface area contributed by atoms with Gasteiger partial charge in [-0.3, -0.25) is 0 Å². The second kappa shape index (κ2) is 7.32. The summed E-state index contributed by atoms with van der Waals surface area (Å²) in [5.74, 6) is -2.70. The number of rotatable bonds is 9. The second-order valence-corrected chi connectivity index (χ2v) is 6.28. The first-order chi connectivity index (χ1) is 7.39. The van der Waals surface area contributed by atoms with Crippen molar-refractivity contribution in [3.63, 3.8) is 0 Å². The van der Waals surface area contributed by atoms with Crippen molar-refractivity contribution in [2.75, 3.05) is 19.8 Å². The maximum atomic E-state index is 12.8. The van der Waals surface area contributed by atoms with Crippen molar-refractivity contribution in [1.29, 1.82) is 0 Å². The van der Waals surface area contributed by atoms with Crippen molar-refractivity contribution in [3.8, 4) is 0 Å². The Morgan fingerprint density at radius 1 is 0.938 bits per heavy atom. The van der Waals surface area contributed by atoms with Gasteiger partial charge in [0.25, 0.3) is 0 Å². The van der Waals surface area contributed by atoms with Crippen molar-refractivity contribution >= 4 is 8.80 Å². The normalized spacial score (nSPS) is 13.1. The molecule has 0 atom stereocenters. The zero-order valence-electron chi connectivity index (χ0n) is 10.5. The van der Waals surface area contributed by atoms with E-state index in [1.807, 2.05) is 20.8 Å². The van der Waals surface area contributed by atoms with Gasteiger partial charge >= 0.3 is 8.80 Å². The molecule has 0 aromatic carbocycles. The molecule has 3 nitrogen and oxygen atoms in total. The highest BCUT2D eigenvalue weighted by Gasteiger charge is 2.42. The van der Waals surface area contributed by atoms with E-state index in [1.165, 1.54) is 0 Å². The van der Waals surface area contributed by atoms with Crippen LogP contribution in [0.3, 0.4) is 0 Å². The largest absolute Gasteiger partial charge is 0.501 e. The van der Waals surface area contributed by atoms with E-state index < -0.39 is 14.7 Å². The standard InChI is InChI=1S/C10H22F2O3Si/c1-5-13-16(14-6-2,15-7-3)9-8-10(4,11)12/h5-9H2,1-4H3. The molecule has 0 radical (unpaired) electrons. The molecular weight excluding hydrogens is 234 g/mol. The van der Waals surface area contributed by atoms with E-state index in [1.54, 1.807) is 0 Å². The lowest BCUT2D eigenvalue weighted by atomic mass is 10.3. The number of halogens is 2. The lowest BCUT2D eigenvalue weighted by Gasteiger charge is -2.29. The molecule has 0 aliphatic carbocycles. The minimum atomic E-state index is -2.89. The summed E-state index contributed by atoms with van der Waals surface area (Å²) in [7, 11) is -2.89. The van der Waals surface area contributed by atoms with E-state index in [4.69, 9.17) is 13.3 Å². The Kier molecular flexibility index (Phi) is 7.30. The molecule has 0 fully saturated rings. The molecular formula is C10H22F2O3Si. The van der Waals surface area contributed by atoms with E-state index >= 15 is 0 Å². The van der Waals surface area contributed by atoms with Gasteiger partial charge in [-0.25, -0.2) is 8.78 Å². The molecule has 16 heavy (non-hydrogen) atoms. The SMILES string of the molecule is CCO[Si](CCC(C)(F)F)(OCC)OCC. The molecule has 0 aromatic rings. The van der Waals surface area contributed by atoms with Gasteiger partial charge in [-0.15, -0.1) is 0 Å². The Labute approximate surface area is 97.4 Å².